The molecule has 0 amide bonds. The van der Waals surface area contributed by atoms with Crippen molar-refractivity contribution >= 4 is 16.7 Å². The maximum absolute atomic E-state index is 12.8. The van der Waals surface area contributed by atoms with Gasteiger partial charge in [-0.05, 0) is 53.0 Å². The van der Waals surface area contributed by atoms with Crippen LogP contribution in [0, 0.1) is 5.92 Å². The summed E-state index contributed by atoms with van der Waals surface area (Å²) in [5, 5.41) is 7.98. The number of aromatic nitrogens is 2. The molecule has 1 fully saturated rings. The van der Waals surface area contributed by atoms with Crippen molar-refractivity contribution in [3.8, 4) is 11.1 Å². The van der Waals surface area contributed by atoms with Gasteiger partial charge in [-0.2, -0.15) is 13.2 Å². The lowest BCUT2D eigenvalue weighted by atomic mass is 9.83. The first-order chi connectivity index (χ1) is 13.7. The Morgan fingerprint density at radius 3 is 2.55 bits per heavy atom. The fourth-order valence-corrected chi connectivity index (χ4v) is 3.65. The minimum atomic E-state index is -4.25. The fraction of sp³-hybridized carbons (Fsp3) is 0.429. The SMILES string of the molecule is COC(C)(C)C1CN(c2cc(-c3cccc(CC(F)(F)F)c3)cc3nonc23)C1. The molecule has 1 aliphatic rings. The molecule has 154 valence electrons. The first-order valence-electron chi connectivity index (χ1n) is 9.39. The zero-order chi connectivity index (χ0) is 20.8. The van der Waals surface area contributed by atoms with E-state index in [1.807, 2.05) is 6.07 Å². The normalized spacial score (nSPS) is 15.7. The van der Waals surface area contributed by atoms with Crippen LogP contribution < -0.4 is 4.90 Å². The molecule has 29 heavy (non-hydrogen) atoms. The zero-order valence-corrected chi connectivity index (χ0v) is 16.5. The van der Waals surface area contributed by atoms with E-state index in [0.717, 1.165) is 24.3 Å². The molecule has 0 aliphatic carbocycles. The molecular weight excluding hydrogens is 383 g/mol. The van der Waals surface area contributed by atoms with Crippen molar-refractivity contribution < 1.29 is 22.5 Å². The van der Waals surface area contributed by atoms with Gasteiger partial charge in [0.15, 0.2) is 5.52 Å². The van der Waals surface area contributed by atoms with E-state index < -0.39 is 12.6 Å². The van der Waals surface area contributed by atoms with Gasteiger partial charge < -0.3 is 9.64 Å². The Morgan fingerprint density at radius 1 is 1.10 bits per heavy atom. The smallest absolute Gasteiger partial charge is 0.378 e. The van der Waals surface area contributed by atoms with E-state index in [1.165, 1.54) is 6.07 Å². The van der Waals surface area contributed by atoms with Gasteiger partial charge in [-0.3, -0.25) is 0 Å². The van der Waals surface area contributed by atoms with Crippen LogP contribution >= 0.6 is 0 Å². The van der Waals surface area contributed by atoms with Crippen LogP contribution in [0.5, 0.6) is 0 Å². The molecule has 1 aromatic heterocycles. The Kier molecular flexibility index (Phi) is 4.77. The minimum Gasteiger partial charge on any atom is -0.378 e. The van der Waals surface area contributed by atoms with Crippen molar-refractivity contribution in [3.63, 3.8) is 0 Å². The first-order valence-corrected chi connectivity index (χ1v) is 9.39. The Morgan fingerprint density at radius 2 is 1.86 bits per heavy atom. The molecule has 4 rings (SSSR count). The molecule has 0 atom stereocenters. The van der Waals surface area contributed by atoms with Crippen molar-refractivity contribution in [1.82, 2.24) is 10.3 Å². The number of halogens is 3. The van der Waals surface area contributed by atoms with Crippen LogP contribution in [0.15, 0.2) is 41.0 Å². The summed E-state index contributed by atoms with van der Waals surface area (Å²) < 4.78 is 48.8. The van der Waals surface area contributed by atoms with Crippen LogP contribution in [-0.2, 0) is 11.2 Å². The highest BCUT2D eigenvalue weighted by atomic mass is 19.4. The van der Waals surface area contributed by atoms with Gasteiger partial charge in [0, 0.05) is 26.1 Å². The Bertz CT molecular complexity index is 1020. The summed E-state index contributed by atoms with van der Waals surface area (Å²) in [6, 6.07) is 10.2. The molecule has 2 heterocycles. The molecule has 3 aromatic rings. The lowest BCUT2D eigenvalue weighted by Gasteiger charge is -2.48. The van der Waals surface area contributed by atoms with Crippen LogP contribution in [0.2, 0.25) is 0 Å². The number of alkyl halides is 3. The average Bonchev–Trinajstić information content (AvgIpc) is 3.07. The lowest BCUT2D eigenvalue weighted by molar-refractivity contribution is -0.127. The second-order valence-corrected chi connectivity index (χ2v) is 8.03. The summed E-state index contributed by atoms with van der Waals surface area (Å²) in [4.78, 5) is 2.17. The number of methoxy groups -OCH3 is 1. The Labute approximate surface area is 166 Å². The Balaban J connectivity index is 1.67. The second-order valence-electron chi connectivity index (χ2n) is 8.03. The molecule has 0 saturated carbocycles. The molecule has 5 nitrogen and oxygen atoms in total. The lowest BCUT2D eigenvalue weighted by Crippen LogP contribution is -2.56. The number of hydrogen-bond acceptors (Lipinski definition) is 5. The van der Waals surface area contributed by atoms with Gasteiger partial charge in [0.05, 0.1) is 17.7 Å². The fourth-order valence-electron chi connectivity index (χ4n) is 3.65. The highest BCUT2D eigenvalue weighted by Crippen LogP contribution is 2.38. The number of ether oxygens (including phenoxy) is 1. The predicted octanol–water partition coefficient (Wildman–Crippen LogP) is 4.86. The summed E-state index contributed by atoms with van der Waals surface area (Å²) in [6.07, 6.45) is -5.20. The molecule has 0 N–H and O–H groups in total. The molecule has 8 heteroatoms. The summed E-state index contributed by atoms with van der Waals surface area (Å²) in [5.74, 6) is 0.362. The van der Waals surface area contributed by atoms with E-state index in [2.05, 4.69) is 29.1 Å². The predicted molar refractivity (Wildman–Crippen MR) is 104 cm³/mol. The third-order valence-corrected chi connectivity index (χ3v) is 5.74. The van der Waals surface area contributed by atoms with Crippen LogP contribution in [0.3, 0.4) is 0 Å². The third-order valence-electron chi connectivity index (χ3n) is 5.74. The van der Waals surface area contributed by atoms with E-state index in [0.29, 0.717) is 22.5 Å². The van der Waals surface area contributed by atoms with Crippen molar-refractivity contribution in [1.29, 1.82) is 0 Å². The van der Waals surface area contributed by atoms with E-state index in [1.54, 1.807) is 31.4 Å². The van der Waals surface area contributed by atoms with Gasteiger partial charge in [-0.1, -0.05) is 24.3 Å². The van der Waals surface area contributed by atoms with E-state index in [-0.39, 0.29) is 11.2 Å². The monoisotopic (exact) mass is 405 g/mol. The largest absolute Gasteiger partial charge is 0.393 e. The van der Waals surface area contributed by atoms with Crippen LogP contribution in [-0.4, -0.2) is 42.3 Å². The summed E-state index contributed by atoms with van der Waals surface area (Å²) in [5.41, 5.74) is 3.56. The van der Waals surface area contributed by atoms with Crippen molar-refractivity contribution in [2.75, 3.05) is 25.1 Å². The van der Waals surface area contributed by atoms with Gasteiger partial charge >= 0.3 is 6.18 Å². The van der Waals surface area contributed by atoms with Crippen molar-refractivity contribution in [2.24, 2.45) is 5.92 Å². The minimum absolute atomic E-state index is 0.223. The molecule has 2 aromatic carbocycles. The summed E-state index contributed by atoms with van der Waals surface area (Å²) in [7, 11) is 1.71. The zero-order valence-electron chi connectivity index (χ0n) is 16.5. The molecule has 0 radical (unpaired) electrons. The highest BCUT2D eigenvalue weighted by Gasteiger charge is 2.40. The standard InChI is InChI=1S/C21H22F3N3O2/c1-20(2,28-3)16-11-27(12-16)18-9-15(8-17-19(18)26-29-25-17)14-6-4-5-13(7-14)10-21(22,23)24/h4-9,16H,10-12H2,1-3H3. The quantitative estimate of drug-likeness (QED) is 0.607. The molecule has 0 bridgehead atoms. The number of fused-ring (bicyclic) bond motifs is 1. The maximum Gasteiger partial charge on any atom is 0.393 e. The van der Waals surface area contributed by atoms with E-state index in [4.69, 9.17) is 9.37 Å². The molecule has 1 aliphatic heterocycles. The average molecular weight is 405 g/mol. The molecule has 0 spiro atoms. The third kappa shape index (κ3) is 3.94. The van der Waals surface area contributed by atoms with Crippen molar-refractivity contribution in [3.05, 3.63) is 42.0 Å². The van der Waals surface area contributed by atoms with Gasteiger partial charge in [-0.15, -0.1) is 0 Å². The van der Waals surface area contributed by atoms with Gasteiger partial charge in [-0.25, -0.2) is 4.63 Å². The van der Waals surface area contributed by atoms with Gasteiger partial charge in [0.25, 0.3) is 0 Å². The van der Waals surface area contributed by atoms with Crippen molar-refractivity contribution in [2.45, 2.75) is 32.0 Å². The molecule has 0 unspecified atom stereocenters. The number of benzene rings is 2. The summed E-state index contributed by atoms with van der Waals surface area (Å²) in [6.45, 7) is 5.70. The highest BCUT2D eigenvalue weighted by molar-refractivity contribution is 5.93. The van der Waals surface area contributed by atoms with Crippen LogP contribution in [0.4, 0.5) is 18.9 Å². The van der Waals surface area contributed by atoms with Crippen LogP contribution in [0.1, 0.15) is 19.4 Å². The van der Waals surface area contributed by atoms with Gasteiger partial charge in [0.1, 0.15) is 5.52 Å². The first kappa shape index (κ1) is 19.7. The van der Waals surface area contributed by atoms with Gasteiger partial charge in [0.2, 0.25) is 0 Å². The van der Waals surface area contributed by atoms with Crippen LogP contribution in [0.25, 0.3) is 22.2 Å². The Hall–Kier alpha value is -2.61. The number of anilines is 1. The number of nitrogens with zero attached hydrogens (tertiary/aromatic N) is 3. The molecule has 1 saturated heterocycles. The summed E-state index contributed by atoms with van der Waals surface area (Å²) >= 11 is 0. The topological polar surface area (TPSA) is 51.4 Å². The number of rotatable bonds is 5. The van der Waals surface area contributed by atoms with E-state index in [9.17, 15) is 13.2 Å². The molecular formula is C21H22F3N3O2. The number of hydrogen-bond donors (Lipinski definition) is 0. The second kappa shape index (κ2) is 7.02. The van der Waals surface area contributed by atoms with E-state index >= 15 is 0 Å². The maximum atomic E-state index is 12.8.